The van der Waals surface area contributed by atoms with Crippen LogP contribution in [0, 0.1) is 0 Å². The van der Waals surface area contributed by atoms with Crippen LogP contribution in [-0.2, 0) is 0 Å². The lowest BCUT2D eigenvalue weighted by molar-refractivity contribution is 1.41. The Morgan fingerprint density at radius 1 is 0.706 bits per heavy atom. The van der Waals surface area contributed by atoms with Crippen LogP contribution in [0.1, 0.15) is 0 Å². The van der Waals surface area contributed by atoms with Crippen LogP contribution in [0.2, 0.25) is 5.02 Å². The van der Waals surface area contributed by atoms with Crippen molar-refractivity contribution in [2.45, 2.75) is 0 Å². The van der Waals surface area contributed by atoms with E-state index >= 15 is 0 Å². The summed E-state index contributed by atoms with van der Waals surface area (Å²) in [6.45, 7) is 0. The maximum atomic E-state index is 5.54. The van der Waals surface area contributed by atoms with E-state index in [1.54, 1.807) is 0 Å². The van der Waals surface area contributed by atoms with Gasteiger partial charge in [-0.1, -0.05) is 54.1 Å². The van der Waals surface area contributed by atoms with Gasteiger partial charge in [-0.3, -0.25) is 4.98 Å². The molecule has 0 aliphatic heterocycles. The fraction of sp³-hybridized carbons (Fsp3) is 0. The van der Waals surface area contributed by atoms with Crippen molar-refractivity contribution < 1.29 is 0 Å². The van der Waals surface area contributed by atoms with Crippen molar-refractivity contribution in [1.29, 1.82) is 0 Å². The van der Waals surface area contributed by atoms with Gasteiger partial charge in [0.05, 0.1) is 5.52 Å². The normalized spacial score (nSPS) is 9.47. The van der Waals surface area contributed by atoms with E-state index in [9.17, 15) is 0 Å². The van der Waals surface area contributed by atoms with Gasteiger partial charge in [0.15, 0.2) is 0 Å². The second-order valence-corrected chi connectivity index (χ2v) is 3.93. The zero-order chi connectivity index (χ0) is 11.9. The van der Waals surface area contributed by atoms with Crippen LogP contribution in [0.25, 0.3) is 10.9 Å². The van der Waals surface area contributed by atoms with E-state index in [1.807, 2.05) is 60.8 Å². The molecule has 0 saturated carbocycles. The Morgan fingerprint density at radius 2 is 1.35 bits per heavy atom. The minimum absolute atomic E-state index is 0.794. The average Bonchev–Trinajstić information content (AvgIpc) is 2.41. The summed E-state index contributed by atoms with van der Waals surface area (Å²) in [5.74, 6) is 0. The van der Waals surface area contributed by atoms with Crippen LogP contribution in [0.4, 0.5) is 0 Å². The Labute approximate surface area is 106 Å². The van der Waals surface area contributed by atoms with Crippen molar-refractivity contribution >= 4 is 22.5 Å². The molecular weight excluding hydrogens is 230 g/mol. The maximum Gasteiger partial charge on any atom is 0.0701 e. The number of rotatable bonds is 0. The third kappa shape index (κ3) is 3.58. The van der Waals surface area contributed by atoms with Crippen molar-refractivity contribution in [1.82, 2.24) is 4.98 Å². The molecule has 17 heavy (non-hydrogen) atoms. The number of para-hydroxylation sites is 1. The number of halogens is 1. The molecule has 3 aromatic rings. The number of hydrogen-bond acceptors (Lipinski definition) is 1. The van der Waals surface area contributed by atoms with Crippen LogP contribution in [-0.4, -0.2) is 4.98 Å². The first-order valence-corrected chi connectivity index (χ1v) is 5.74. The van der Waals surface area contributed by atoms with Gasteiger partial charge in [0, 0.05) is 16.6 Å². The molecular formula is C15H12ClN. The molecule has 0 aliphatic rings. The van der Waals surface area contributed by atoms with Crippen LogP contribution >= 0.6 is 11.6 Å². The number of hydrogen-bond donors (Lipinski definition) is 0. The molecule has 2 heteroatoms. The van der Waals surface area contributed by atoms with Crippen LogP contribution in [0.5, 0.6) is 0 Å². The van der Waals surface area contributed by atoms with Gasteiger partial charge in [-0.15, -0.1) is 0 Å². The second-order valence-electron chi connectivity index (χ2n) is 3.49. The molecule has 0 N–H and O–H groups in total. The first-order valence-electron chi connectivity index (χ1n) is 5.36. The van der Waals surface area contributed by atoms with Gasteiger partial charge < -0.3 is 0 Å². The van der Waals surface area contributed by atoms with Crippen molar-refractivity contribution in [2.75, 3.05) is 0 Å². The number of benzene rings is 2. The fourth-order valence-corrected chi connectivity index (χ4v) is 1.58. The fourth-order valence-electron chi connectivity index (χ4n) is 1.43. The molecule has 0 amide bonds. The minimum atomic E-state index is 0.794. The van der Waals surface area contributed by atoms with Gasteiger partial charge in [-0.25, -0.2) is 0 Å². The number of fused-ring (bicyclic) bond motifs is 1. The molecule has 84 valence electrons. The lowest BCUT2D eigenvalue weighted by Crippen LogP contribution is -1.73. The Bertz CT molecular complexity index is 513. The van der Waals surface area contributed by atoms with E-state index in [4.69, 9.17) is 11.6 Å². The highest BCUT2D eigenvalue weighted by Crippen LogP contribution is 2.07. The zero-order valence-corrected chi connectivity index (χ0v) is 10.0. The van der Waals surface area contributed by atoms with Gasteiger partial charge in [0.1, 0.15) is 0 Å². The molecule has 3 rings (SSSR count). The number of nitrogens with zero attached hydrogens (tertiary/aromatic N) is 1. The predicted octanol–water partition coefficient (Wildman–Crippen LogP) is 4.57. The number of pyridine rings is 1. The minimum Gasteiger partial charge on any atom is -0.256 e. The Morgan fingerprint density at radius 3 is 2.00 bits per heavy atom. The van der Waals surface area contributed by atoms with Crippen LogP contribution in [0.3, 0.4) is 0 Å². The van der Waals surface area contributed by atoms with Gasteiger partial charge in [-0.05, 0) is 24.3 Å². The average molecular weight is 242 g/mol. The van der Waals surface area contributed by atoms with Gasteiger partial charge >= 0.3 is 0 Å². The monoisotopic (exact) mass is 241 g/mol. The second kappa shape index (κ2) is 6.02. The highest BCUT2D eigenvalue weighted by atomic mass is 35.5. The Hall–Kier alpha value is -1.86. The molecule has 0 aliphatic carbocycles. The van der Waals surface area contributed by atoms with Crippen LogP contribution < -0.4 is 0 Å². The molecule has 0 unspecified atom stereocenters. The summed E-state index contributed by atoms with van der Waals surface area (Å²) in [6.07, 6.45) is 1.81. The molecule has 0 spiro atoms. The van der Waals surface area contributed by atoms with Crippen molar-refractivity contribution in [3.63, 3.8) is 0 Å². The van der Waals surface area contributed by atoms with E-state index in [-0.39, 0.29) is 0 Å². The Balaban J connectivity index is 0.000000136. The first kappa shape index (κ1) is 11.6. The topological polar surface area (TPSA) is 12.9 Å². The lowest BCUT2D eigenvalue weighted by atomic mass is 10.2. The standard InChI is InChI=1S/C9H7N.C6H5Cl/c1-2-6-9-8(4-1)5-3-7-10-9;7-6-4-2-1-3-5-6/h1-7H;1-5H. The summed E-state index contributed by atoms with van der Waals surface area (Å²) in [5.41, 5.74) is 1.06. The third-order valence-corrected chi connectivity index (χ3v) is 2.50. The molecule has 0 atom stereocenters. The molecule has 0 bridgehead atoms. The van der Waals surface area contributed by atoms with Gasteiger partial charge in [0.25, 0.3) is 0 Å². The summed E-state index contributed by atoms with van der Waals surface area (Å²) in [5, 5.41) is 1.99. The summed E-state index contributed by atoms with van der Waals surface area (Å²) < 4.78 is 0. The summed E-state index contributed by atoms with van der Waals surface area (Å²) in [7, 11) is 0. The van der Waals surface area contributed by atoms with Gasteiger partial charge in [-0.2, -0.15) is 0 Å². The van der Waals surface area contributed by atoms with Crippen molar-refractivity contribution in [3.8, 4) is 0 Å². The van der Waals surface area contributed by atoms with Crippen molar-refractivity contribution in [3.05, 3.63) is 77.9 Å². The molecule has 0 fully saturated rings. The molecule has 1 aromatic heterocycles. The number of aromatic nitrogens is 1. The highest BCUT2D eigenvalue weighted by molar-refractivity contribution is 6.30. The maximum absolute atomic E-state index is 5.54. The molecule has 1 nitrogen and oxygen atoms in total. The first-order chi connectivity index (χ1) is 8.36. The summed E-state index contributed by atoms with van der Waals surface area (Å²) in [4.78, 5) is 4.18. The lowest BCUT2D eigenvalue weighted by Gasteiger charge is -1.91. The summed E-state index contributed by atoms with van der Waals surface area (Å²) in [6, 6.07) is 21.5. The predicted molar refractivity (Wildman–Crippen MR) is 73.2 cm³/mol. The molecule has 1 heterocycles. The van der Waals surface area contributed by atoms with E-state index in [2.05, 4.69) is 17.1 Å². The highest BCUT2D eigenvalue weighted by Gasteiger charge is 1.86. The molecule has 0 saturated heterocycles. The van der Waals surface area contributed by atoms with E-state index in [0.29, 0.717) is 0 Å². The zero-order valence-electron chi connectivity index (χ0n) is 9.25. The quantitative estimate of drug-likeness (QED) is 0.562. The van der Waals surface area contributed by atoms with E-state index in [0.717, 1.165) is 10.5 Å². The van der Waals surface area contributed by atoms with E-state index < -0.39 is 0 Å². The van der Waals surface area contributed by atoms with Gasteiger partial charge in [0.2, 0.25) is 0 Å². The SMILES string of the molecule is Clc1ccccc1.c1ccc2ncccc2c1. The summed E-state index contributed by atoms with van der Waals surface area (Å²) >= 11 is 5.54. The Kier molecular flexibility index (Phi) is 4.11. The largest absolute Gasteiger partial charge is 0.256 e. The van der Waals surface area contributed by atoms with Crippen LogP contribution in [0.15, 0.2) is 72.9 Å². The van der Waals surface area contributed by atoms with Crippen molar-refractivity contribution in [2.24, 2.45) is 0 Å². The molecule has 2 aromatic carbocycles. The van der Waals surface area contributed by atoms with E-state index in [1.165, 1.54) is 5.39 Å². The third-order valence-electron chi connectivity index (χ3n) is 2.25. The smallest absolute Gasteiger partial charge is 0.0701 e. The molecule has 0 radical (unpaired) electrons.